The summed E-state index contributed by atoms with van der Waals surface area (Å²) in [5.41, 5.74) is 1.36. The van der Waals surface area contributed by atoms with E-state index in [9.17, 15) is 0 Å². The molecule has 0 fully saturated rings. The minimum atomic E-state index is 0.259. The molecule has 0 bridgehead atoms. The first-order valence-corrected chi connectivity index (χ1v) is 5.07. The number of imidazole rings is 1. The van der Waals surface area contributed by atoms with Crippen LogP contribution in [-0.2, 0) is 0 Å². The fraction of sp³-hybridized carbons (Fsp3) is 0.727. The number of aryl methyl sites for hydroxylation is 1. The summed E-state index contributed by atoms with van der Waals surface area (Å²) in [6.45, 7) is 11.0. The Morgan fingerprint density at radius 3 is 2.36 bits per heavy atom. The third kappa shape index (κ3) is 2.28. The Balaban J connectivity index is 2.80. The number of rotatable bonds is 2. The molecule has 0 aliphatic carbocycles. The van der Waals surface area contributed by atoms with Crippen molar-refractivity contribution in [3.8, 4) is 0 Å². The predicted molar refractivity (Wildman–Crippen MR) is 60.6 cm³/mol. The average molecular weight is 195 g/mol. The number of nitrogens with zero attached hydrogens (tertiary/aromatic N) is 2. The number of aromatic amines is 1. The second kappa shape index (κ2) is 3.64. The molecule has 1 rings (SSSR count). The predicted octanol–water partition coefficient (Wildman–Crippen LogP) is 2.59. The highest BCUT2D eigenvalue weighted by Gasteiger charge is 2.25. The van der Waals surface area contributed by atoms with Crippen LogP contribution in [0.5, 0.6) is 0 Å². The van der Waals surface area contributed by atoms with E-state index in [1.807, 2.05) is 13.1 Å². The van der Waals surface area contributed by atoms with Crippen LogP contribution in [0.2, 0.25) is 0 Å². The lowest BCUT2D eigenvalue weighted by atomic mass is 9.87. The number of aromatic nitrogens is 2. The first-order valence-electron chi connectivity index (χ1n) is 5.07. The van der Waals surface area contributed by atoms with Crippen molar-refractivity contribution in [3.63, 3.8) is 0 Å². The van der Waals surface area contributed by atoms with Gasteiger partial charge < -0.3 is 9.88 Å². The first kappa shape index (κ1) is 11.1. The van der Waals surface area contributed by atoms with Crippen LogP contribution in [0.15, 0.2) is 6.20 Å². The molecule has 1 N–H and O–H groups in total. The number of hydrogen-bond donors (Lipinski definition) is 1. The normalized spacial score (nSPS) is 14.1. The third-order valence-corrected chi connectivity index (χ3v) is 2.86. The monoisotopic (exact) mass is 195 g/mol. The van der Waals surface area contributed by atoms with Crippen LogP contribution in [0.25, 0.3) is 0 Å². The largest absolute Gasteiger partial charge is 0.342 e. The fourth-order valence-electron chi connectivity index (χ4n) is 1.34. The van der Waals surface area contributed by atoms with Crippen molar-refractivity contribution in [2.24, 2.45) is 5.41 Å². The Bertz CT molecular complexity index is 296. The van der Waals surface area contributed by atoms with Gasteiger partial charge in [-0.1, -0.05) is 20.8 Å². The molecule has 0 aliphatic heterocycles. The minimum absolute atomic E-state index is 0.259. The van der Waals surface area contributed by atoms with Gasteiger partial charge in [-0.15, -0.1) is 0 Å². The topological polar surface area (TPSA) is 31.9 Å². The molecule has 0 aliphatic rings. The molecule has 1 unspecified atom stereocenters. The molecule has 0 aromatic carbocycles. The molecule has 0 saturated heterocycles. The van der Waals surface area contributed by atoms with Crippen molar-refractivity contribution in [2.75, 3.05) is 11.9 Å². The standard InChI is InChI=1S/C11H21N3/c1-8-7-12-10(13-8)14(6)9(2)11(3,4)5/h7,9H,1-6H3,(H,12,13). The van der Waals surface area contributed by atoms with Crippen molar-refractivity contribution in [1.29, 1.82) is 0 Å². The summed E-state index contributed by atoms with van der Waals surface area (Å²) in [7, 11) is 2.08. The smallest absolute Gasteiger partial charge is 0.202 e. The lowest BCUT2D eigenvalue weighted by Gasteiger charge is -2.35. The molecule has 80 valence electrons. The molecule has 0 radical (unpaired) electrons. The highest BCUT2D eigenvalue weighted by molar-refractivity contribution is 5.31. The van der Waals surface area contributed by atoms with Crippen LogP contribution in [0.4, 0.5) is 5.95 Å². The summed E-state index contributed by atoms with van der Waals surface area (Å²) < 4.78 is 0. The van der Waals surface area contributed by atoms with Gasteiger partial charge in [0.25, 0.3) is 0 Å². The molecule has 0 amide bonds. The summed E-state index contributed by atoms with van der Waals surface area (Å²) in [4.78, 5) is 9.75. The number of hydrogen-bond acceptors (Lipinski definition) is 2. The van der Waals surface area contributed by atoms with Crippen LogP contribution in [0, 0.1) is 12.3 Å². The zero-order valence-electron chi connectivity index (χ0n) is 10.0. The highest BCUT2D eigenvalue weighted by atomic mass is 15.3. The van der Waals surface area contributed by atoms with Gasteiger partial charge in [0.05, 0.1) is 0 Å². The maximum Gasteiger partial charge on any atom is 0.202 e. The number of nitrogens with one attached hydrogen (secondary N) is 1. The lowest BCUT2D eigenvalue weighted by molar-refractivity contribution is 0.327. The van der Waals surface area contributed by atoms with E-state index in [1.165, 1.54) is 0 Å². The Labute approximate surface area is 86.5 Å². The second-order valence-electron chi connectivity index (χ2n) is 5.04. The van der Waals surface area contributed by atoms with Gasteiger partial charge in [-0.3, -0.25) is 0 Å². The Kier molecular flexibility index (Phi) is 2.88. The van der Waals surface area contributed by atoms with Gasteiger partial charge in [0.1, 0.15) is 0 Å². The van der Waals surface area contributed by atoms with E-state index in [4.69, 9.17) is 0 Å². The van der Waals surface area contributed by atoms with Crippen LogP contribution in [-0.4, -0.2) is 23.1 Å². The molecule has 1 aromatic rings. The van der Waals surface area contributed by atoms with Crippen molar-refractivity contribution >= 4 is 5.95 Å². The molecule has 3 nitrogen and oxygen atoms in total. The summed E-state index contributed by atoms with van der Waals surface area (Å²) in [6.07, 6.45) is 1.86. The van der Waals surface area contributed by atoms with Crippen LogP contribution in [0.3, 0.4) is 0 Å². The van der Waals surface area contributed by atoms with Crippen molar-refractivity contribution in [1.82, 2.24) is 9.97 Å². The van der Waals surface area contributed by atoms with Crippen LogP contribution < -0.4 is 4.90 Å². The molecule has 0 spiro atoms. The maximum absolute atomic E-state index is 4.32. The summed E-state index contributed by atoms with van der Waals surface area (Å²) in [6, 6.07) is 0.452. The average Bonchev–Trinajstić information content (AvgIpc) is 2.47. The quantitative estimate of drug-likeness (QED) is 0.786. The molecule has 1 heterocycles. The maximum atomic E-state index is 4.32. The molecular weight excluding hydrogens is 174 g/mol. The van der Waals surface area contributed by atoms with Crippen molar-refractivity contribution in [3.05, 3.63) is 11.9 Å². The van der Waals surface area contributed by atoms with Gasteiger partial charge in [-0.05, 0) is 19.3 Å². The summed E-state index contributed by atoms with van der Waals surface area (Å²) in [5, 5.41) is 0. The molecule has 1 atom stereocenters. The molecular formula is C11H21N3. The Morgan fingerprint density at radius 2 is 2.00 bits per heavy atom. The van der Waals surface area contributed by atoms with E-state index >= 15 is 0 Å². The van der Waals surface area contributed by atoms with Crippen molar-refractivity contribution < 1.29 is 0 Å². The second-order valence-corrected chi connectivity index (χ2v) is 5.04. The summed E-state index contributed by atoms with van der Waals surface area (Å²) in [5.74, 6) is 0.949. The fourth-order valence-corrected chi connectivity index (χ4v) is 1.34. The van der Waals surface area contributed by atoms with E-state index < -0.39 is 0 Å². The van der Waals surface area contributed by atoms with Gasteiger partial charge in [0, 0.05) is 25.0 Å². The van der Waals surface area contributed by atoms with E-state index in [0.29, 0.717) is 6.04 Å². The molecule has 3 heteroatoms. The number of H-pyrrole nitrogens is 1. The lowest BCUT2D eigenvalue weighted by Crippen LogP contribution is -2.39. The number of anilines is 1. The first-order chi connectivity index (χ1) is 6.32. The van der Waals surface area contributed by atoms with E-state index in [-0.39, 0.29) is 5.41 Å². The van der Waals surface area contributed by atoms with E-state index in [2.05, 4.69) is 49.6 Å². The van der Waals surface area contributed by atoms with Gasteiger partial charge in [0.2, 0.25) is 5.95 Å². The van der Waals surface area contributed by atoms with Crippen molar-refractivity contribution in [2.45, 2.75) is 40.7 Å². The molecule has 1 aromatic heterocycles. The zero-order valence-corrected chi connectivity index (χ0v) is 10.0. The zero-order chi connectivity index (χ0) is 10.9. The van der Waals surface area contributed by atoms with Gasteiger partial charge >= 0.3 is 0 Å². The van der Waals surface area contributed by atoms with E-state index in [0.717, 1.165) is 11.6 Å². The molecule has 0 saturated carbocycles. The van der Waals surface area contributed by atoms with Crippen LogP contribution in [0.1, 0.15) is 33.4 Å². The van der Waals surface area contributed by atoms with E-state index in [1.54, 1.807) is 0 Å². The third-order valence-electron chi connectivity index (χ3n) is 2.86. The Morgan fingerprint density at radius 1 is 1.43 bits per heavy atom. The van der Waals surface area contributed by atoms with Gasteiger partial charge in [0.15, 0.2) is 0 Å². The van der Waals surface area contributed by atoms with Crippen LogP contribution >= 0.6 is 0 Å². The van der Waals surface area contributed by atoms with Gasteiger partial charge in [-0.25, -0.2) is 4.98 Å². The highest BCUT2D eigenvalue weighted by Crippen LogP contribution is 2.25. The molecule has 14 heavy (non-hydrogen) atoms. The summed E-state index contributed by atoms with van der Waals surface area (Å²) >= 11 is 0. The van der Waals surface area contributed by atoms with Gasteiger partial charge in [-0.2, -0.15) is 0 Å². The SMILES string of the molecule is Cc1cnc(N(C)C(C)C(C)(C)C)[nH]1. The minimum Gasteiger partial charge on any atom is -0.342 e. The Hall–Kier alpha value is -0.990.